The number of alkyl halides is 3. The summed E-state index contributed by atoms with van der Waals surface area (Å²) in [6.45, 7) is 1.77. The molecular weight excluding hydrogens is 321 g/mol. The summed E-state index contributed by atoms with van der Waals surface area (Å²) >= 11 is 3.10. The second-order valence-corrected chi connectivity index (χ2v) is 5.76. The SMILES string of the molecule is NCC1CCCN(c2ccc(Br)cc2C(F)(F)F)C1. The zero-order valence-corrected chi connectivity index (χ0v) is 12.0. The van der Waals surface area contributed by atoms with E-state index in [9.17, 15) is 13.2 Å². The van der Waals surface area contributed by atoms with E-state index in [1.54, 1.807) is 11.0 Å². The number of nitrogens with two attached hydrogens (primary N) is 1. The monoisotopic (exact) mass is 336 g/mol. The number of anilines is 1. The average molecular weight is 337 g/mol. The summed E-state index contributed by atoms with van der Waals surface area (Å²) in [6.07, 6.45) is -2.46. The summed E-state index contributed by atoms with van der Waals surface area (Å²) in [5.74, 6) is 0.276. The molecule has 0 saturated carbocycles. The predicted octanol–water partition coefficient (Wildman–Crippen LogP) is 3.64. The zero-order chi connectivity index (χ0) is 14.0. The average Bonchev–Trinajstić information content (AvgIpc) is 2.37. The van der Waals surface area contributed by atoms with Crippen molar-refractivity contribution in [3.63, 3.8) is 0 Å². The highest BCUT2D eigenvalue weighted by Gasteiger charge is 2.35. The molecule has 0 bridgehead atoms. The molecule has 1 aromatic carbocycles. The first-order valence-electron chi connectivity index (χ1n) is 6.23. The van der Waals surface area contributed by atoms with Gasteiger partial charge in [0.25, 0.3) is 0 Å². The molecule has 6 heteroatoms. The Kier molecular flexibility index (Phi) is 4.40. The van der Waals surface area contributed by atoms with E-state index in [0.29, 0.717) is 24.1 Å². The van der Waals surface area contributed by atoms with E-state index in [-0.39, 0.29) is 11.6 Å². The van der Waals surface area contributed by atoms with Gasteiger partial charge in [0, 0.05) is 23.2 Å². The van der Waals surface area contributed by atoms with Gasteiger partial charge in [-0.15, -0.1) is 0 Å². The lowest BCUT2D eigenvalue weighted by atomic mass is 9.97. The van der Waals surface area contributed by atoms with Gasteiger partial charge in [-0.2, -0.15) is 13.2 Å². The van der Waals surface area contributed by atoms with Crippen LogP contribution in [0.2, 0.25) is 0 Å². The fourth-order valence-electron chi connectivity index (χ4n) is 2.49. The first kappa shape index (κ1) is 14.7. The van der Waals surface area contributed by atoms with Gasteiger partial charge in [-0.3, -0.25) is 0 Å². The second kappa shape index (κ2) is 5.71. The maximum absolute atomic E-state index is 13.1. The van der Waals surface area contributed by atoms with Crippen LogP contribution in [0.15, 0.2) is 22.7 Å². The van der Waals surface area contributed by atoms with Crippen molar-refractivity contribution in [2.24, 2.45) is 11.7 Å². The maximum Gasteiger partial charge on any atom is 0.418 e. The van der Waals surface area contributed by atoms with E-state index in [0.717, 1.165) is 18.9 Å². The summed E-state index contributed by atoms with van der Waals surface area (Å²) in [7, 11) is 0. The molecule has 2 rings (SSSR count). The van der Waals surface area contributed by atoms with Gasteiger partial charge in [-0.25, -0.2) is 0 Å². The van der Waals surface area contributed by atoms with E-state index < -0.39 is 11.7 Å². The summed E-state index contributed by atoms with van der Waals surface area (Å²) in [6, 6.07) is 4.32. The molecule has 1 fully saturated rings. The quantitative estimate of drug-likeness (QED) is 0.893. The fourth-order valence-corrected chi connectivity index (χ4v) is 2.85. The minimum atomic E-state index is -4.34. The number of hydrogen-bond acceptors (Lipinski definition) is 2. The molecule has 106 valence electrons. The van der Waals surface area contributed by atoms with Crippen molar-refractivity contribution < 1.29 is 13.2 Å². The molecule has 1 saturated heterocycles. The largest absolute Gasteiger partial charge is 0.418 e. The molecule has 1 aromatic rings. The summed E-state index contributed by atoms with van der Waals surface area (Å²) in [5.41, 5.74) is 5.31. The van der Waals surface area contributed by atoms with Gasteiger partial charge in [0.05, 0.1) is 5.56 Å². The topological polar surface area (TPSA) is 29.3 Å². The van der Waals surface area contributed by atoms with Crippen LogP contribution in [0.3, 0.4) is 0 Å². The Hall–Kier alpha value is -0.750. The van der Waals surface area contributed by atoms with Crippen LogP contribution in [0, 0.1) is 5.92 Å². The van der Waals surface area contributed by atoms with Crippen LogP contribution in [0.4, 0.5) is 18.9 Å². The number of benzene rings is 1. The van der Waals surface area contributed by atoms with E-state index in [1.807, 2.05) is 0 Å². The molecule has 1 aliphatic rings. The third kappa shape index (κ3) is 3.42. The van der Waals surface area contributed by atoms with Crippen molar-refractivity contribution in [1.29, 1.82) is 0 Å². The number of nitrogens with zero attached hydrogens (tertiary/aromatic N) is 1. The Morgan fingerprint density at radius 3 is 2.74 bits per heavy atom. The molecule has 0 amide bonds. The van der Waals surface area contributed by atoms with Crippen molar-refractivity contribution >= 4 is 21.6 Å². The number of halogens is 4. The number of piperidine rings is 1. The van der Waals surface area contributed by atoms with Gasteiger partial charge >= 0.3 is 6.18 Å². The van der Waals surface area contributed by atoms with Crippen molar-refractivity contribution in [2.45, 2.75) is 19.0 Å². The Labute approximate surface area is 118 Å². The van der Waals surface area contributed by atoms with E-state index in [1.165, 1.54) is 6.07 Å². The highest BCUT2D eigenvalue weighted by Crippen LogP contribution is 2.39. The van der Waals surface area contributed by atoms with Gasteiger partial charge in [-0.05, 0) is 43.5 Å². The zero-order valence-electron chi connectivity index (χ0n) is 10.4. The van der Waals surface area contributed by atoms with E-state index >= 15 is 0 Å². The van der Waals surface area contributed by atoms with Crippen molar-refractivity contribution in [1.82, 2.24) is 0 Å². The molecule has 2 N–H and O–H groups in total. The van der Waals surface area contributed by atoms with Crippen LogP contribution < -0.4 is 10.6 Å². The normalized spacial score (nSPS) is 20.7. The second-order valence-electron chi connectivity index (χ2n) is 4.85. The van der Waals surface area contributed by atoms with Crippen LogP contribution in [-0.2, 0) is 6.18 Å². The van der Waals surface area contributed by atoms with Gasteiger partial charge < -0.3 is 10.6 Å². The Bertz CT molecular complexity index is 448. The molecule has 1 heterocycles. The van der Waals surface area contributed by atoms with Crippen molar-refractivity contribution in [3.05, 3.63) is 28.2 Å². The predicted molar refractivity (Wildman–Crippen MR) is 73.1 cm³/mol. The van der Waals surface area contributed by atoms with Crippen LogP contribution in [0.1, 0.15) is 18.4 Å². The summed E-state index contributed by atoms with van der Waals surface area (Å²) in [4.78, 5) is 1.80. The third-order valence-corrected chi connectivity index (χ3v) is 3.95. The van der Waals surface area contributed by atoms with Gasteiger partial charge in [0.2, 0.25) is 0 Å². The molecule has 1 aliphatic heterocycles. The summed E-state index contributed by atoms with van der Waals surface area (Å²) in [5, 5.41) is 0. The fraction of sp³-hybridized carbons (Fsp3) is 0.538. The molecule has 0 spiro atoms. The van der Waals surface area contributed by atoms with Gasteiger partial charge in [-0.1, -0.05) is 15.9 Å². The lowest BCUT2D eigenvalue weighted by Gasteiger charge is -2.35. The Balaban J connectivity index is 2.33. The minimum absolute atomic E-state index is 0.258. The van der Waals surface area contributed by atoms with E-state index in [2.05, 4.69) is 15.9 Å². The smallest absolute Gasteiger partial charge is 0.371 e. The molecule has 0 aromatic heterocycles. The van der Waals surface area contributed by atoms with Gasteiger partial charge in [0.1, 0.15) is 0 Å². The maximum atomic E-state index is 13.1. The first-order valence-corrected chi connectivity index (χ1v) is 7.03. The van der Waals surface area contributed by atoms with Crippen molar-refractivity contribution in [3.8, 4) is 0 Å². The first-order chi connectivity index (χ1) is 8.91. The number of hydrogen-bond donors (Lipinski definition) is 1. The molecule has 2 nitrogen and oxygen atoms in total. The van der Waals surface area contributed by atoms with Crippen LogP contribution in [-0.4, -0.2) is 19.6 Å². The molecule has 1 unspecified atom stereocenters. The Morgan fingerprint density at radius 2 is 2.11 bits per heavy atom. The van der Waals surface area contributed by atoms with Crippen molar-refractivity contribution in [2.75, 3.05) is 24.5 Å². The van der Waals surface area contributed by atoms with Gasteiger partial charge in [0.15, 0.2) is 0 Å². The van der Waals surface area contributed by atoms with Crippen LogP contribution >= 0.6 is 15.9 Å². The lowest BCUT2D eigenvalue weighted by molar-refractivity contribution is -0.137. The minimum Gasteiger partial charge on any atom is -0.371 e. The van der Waals surface area contributed by atoms with Crippen LogP contribution in [0.5, 0.6) is 0 Å². The number of rotatable bonds is 2. The molecule has 19 heavy (non-hydrogen) atoms. The molecule has 1 atom stereocenters. The lowest BCUT2D eigenvalue weighted by Crippen LogP contribution is -2.39. The third-order valence-electron chi connectivity index (χ3n) is 3.46. The van der Waals surface area contributed by atoms with Crippen LogP contribution in [0.25, 0.3) is 0 Å². The molecular formula is C13H16BrF3N2. The van der Waals surface area contributed by atoms with E-state index in [4.69, 9.17) is 5.73 Å². The standard InChI is InChI=1S/C13H16BrF3N2/c14-10-3-4-12(11(6-10)13(15,16)17)19-5-1-2-9(7-18)8-19/h3-4,6,9H,1-2,5,7-8,18H2. The Morgan fingerprint density at radius 1 is 1.37 bits per heavy atom. The molecule has 0 aliphatic carbocycles. The molecule has 0 radical (unpaired) electrons. The summed E-state index contributed by atoms with van der Waals surface area (Å²) < 4.78 is 39.7. The highest BCUT2D eigenvalue weighted by molar-refractivity contribution is 9.10. The highest BCUT2D eigenvalue weighted by atomic mass is 79.9.